The molecule has 1 aliphatic carbocycles. The molecule has 1 aliphatic heterocycles. The molecule has 6 heteroatoms. The second-order valence-corrected chi connectivity index (χ2v) is 10.5. The predicted molar refractivity (Wildman–Crippen MR) is 122 cm³/mol. The van der Waals surface area contributed by atoms with Gasteiger partial charge in [-0.05, 0) is 56.5 Å². The molecule has 162 valence electrons. The van der Waals surface area contributed by atoms with Crippen LogP contribution in [-0.2, 0) is 10.0 Å². The van der Waals surface area contributed by atoms with Crippen molar-refractivity contribution in [3.63, 3.8) is 0 Å². The molecule has 0 aromatic heterocycles. The minimum Gasteiger partial charge on any atom is -0.366 e. The Kier molecular flexibility index (Phi) is 6.46. The van der Waals surface area contributed by atoms with Gasteiger partial charge < -0.3 is 4.90 Å². The smallest absolute Gasteiger partial charge is 0.240 e. The minimum atomic E-state index is -3.49. The van der Waals surface area contributed by atoms with Crippen LogP contribution in [0.4, 0.5) is 5.69 Å². The quantitative estimate of drug-likeness (QED) is 0.789. The molecule has 0 unspecified atom stereocenters. The molecular weight excluding hydrogens is 394 g/mol. The molecule has 0 bridgehead atoms. The lowest BCUT2D eigenvalue weighted by atomic mass is 9.89. The van der Waals surface area contributed by atoms with E-state index in [-0.39, 0.29) is 12.1 Å². The van der Waals surface area contributed by atoms with E-state index in [1.54, 1.807) is 24.3 Å². The van der Waals surface area contributed by atoms with Gasteiger partial charge in [-0.2, -0.15) is 0 Å². The number of hydrogen-bond donors (Lipinski definition) is 1. The van der Waals surface area contributed by atoms with Crippen molar-refractivity contribution in [2.75, 3.05) is 24.5 Å². The molecule has 5 nitrogen and oxygen atoms in total. The number of rotatable bonds is 5. The SMILES string of the molecule is Cc1cccc(N2CCN([C@@H]3CCCC[C@@H]3NS(=O)(=O)c3ccccc3)C[C@H]2C)c1. The third kappa shape index (κ3) is 4.71. The van der Waals surface area contributed by atoms with Crippen molar-refractivity contribution in [2.24, 2.45) is 0 Å². The molecule has 2 fully saturated rings. The molecule has 30 heavy (non-hydrogen) atoms. The van der Waals surface area contributed by atoms with Gasteiger partial charge in [0, 0.05) is 43.4 Å². The zero-order valence-corrected chi connectivity index (χ0v) is 18.8. The number of anilines is 1. The Labute approximate surface area is 181 Å². The average Bonchev–Trinajstić information content (AvgIpc) is 2.74. The second kappa shape index (κ2) is 9.08. The monoisotopic (exact) mass is 427 g/mol. The molecule has 0 radical (unpaired) electrons. The molecule has 3 atom stereocenters. The fourth-order valence-corrected chi connectivity index (χ4v) is 6.36. The number of benzene rings is 2. The Hall–Kier alpha value is -1.89. The Morgan fingerprint density at radius 1 is 0.967 bits per heavy atom. The van der Waals surface area contributed by atoms with Crippen LogP contribution in [0, 0.1) is 6.92 Å². The van der Waals surface area contributed by atoms with Crippen LogP contribution in [-0.4, -0.2) is 51.1 Å². The summed E-state index contributed by atoms with van der Waals surface area (Å²) in [5.41, 5.74) is 2.57. The largest absolute Gasteiger partial charge is 0.366 e. The normalized spacial score (nSPS) is 25.9. The van der Waals surface area contributed by atoms with Gasteiger partial charge in [0.2, 0.25) is 10.0 Å². The molecule has 1 N–H and O–H groups in total. The Morgan fingerprint density at radius 3 is 2.47 bits per heavy atom. The topological polar surface area (TPSA) is 52.6 Å². The maximum Gasteiger partial charge on any atom is 0.240 e. The molecule has 1 heterocycles. The third-order valence-electron chi connectivity index (χ3n) is 6.55. The first-order valence-electron chi connectivity index (χ1n) is 11.1. The van der Waals surface area contributed by atoms with Gasteiger partial charge in [-0.15, -0.1) is 0 Å². The molecule has 0 amide bonds. The van der Waals surface area contributed by atoms with E-state index in [2.05, 4.69) is 52.6 Å². The van der Waals surface area contributed by atoms with Crippen molar-refractivity contribution >= 4 is 15.7 Å². The first-order chi connectivity index (χ1) is 14.4. The van der Waals surface area contributed by atoms with Crippen LogP contribution in [0.25, 0.3) is 0 Å². The molecule has 4 rings (SSSR count). The highest BCUT2D eigenvalue weighted by Crippen LogP contribution is 2.29. The standard InChI is InChI=1S/C24H33N3O2S/c1-19-9-8-10-21(17-19)27-16-15-26(18-20(27)2)24-14-7-6-13-23(24)25-30(28,29)22-11-4-3-5-12-22/h3-5,8-12,17,20,23-25H,6-7,13-16,18H2,1-2H3/t20-,23+,24-/m1/s1. The molecule has 2 aromatic carbocycles. The van der Waals surface area contributed by atoms with E-state index in [0.29, 0.717) is 10.9 Å². The van der Waals surface area contributed by atoms with Gasteiger partial charge in [0.25, 0.3) is 0 Å². The predicted octanol–water partition coefficient (Wildman–Crippen LogP) is 3.80. The number of aryl methyl sites for hydroxylation is 1. The average molecular weight is 428 g/mol. The summed E-state index contributed by atoms with van der Waals surface area (Å²) in [6.45, 7) is 7.31. The highest BCUT2D eigenvalue weighted by atomic mass is 32.2. The minimum absolute atomic E-state index is 0.0262. The summed E-state index contributed by atoms with van der Waals surface area (Å²) in [5, 5.41) is 0. The van der Waals surface area contributed by atoms with E-state index in [4.69, 9.17) is 0 Å². The van der Waals surface area contributed by atoms with Crippen LogP contribution in [0.5, 0.6) is 0 Å². The van der Waals surface area contributed by atoms with Gasteiger partial charge in [0.15, 0.2) is 0 Å². The summed E-state index contributed by atoms with van der Waals surface area (Å²) in [5.74, 6) is 0. The summed E-state index contributed by atoms with van der Waals surface area (Å²) in [6.07, 6.45) is 4.21. The molecular formula is C24H33N3O2S. The fraction of sp³-hybridized carbons (Fsp3) is 0.500. The van der Waals surface area contributed by atoms with E-state index in [1.165, 1.54) is 17.7 Å². The van der Waals surface area contributed by atoms with Crippen LogP contribution in [0.3, 0.4) is 0 Å². The Morgan fingerprint density at radius 2 is 1.73 bits per heavy atom. The molecule has 1 saturated carbocycles. The van der Waals surface area contributed by atoms with Gasteiger partial charge >= 0.3 is 0 Å². The summed E-state index contributed by atoms with van der Waals surface area (Å²) in [7, 11) is -3.49. The van der Waals surface area contributed by atoms with Gasteiger partial charge in [-0.3, -0.25) is 4.90 Å². The van der Waals surface area contributed by atoms with E-state index < -0.39 is 10.0 Å². The lowest BCUT2D eigenvalue weighted by Crippen LogP contribution is -2.60. The summed E-state index contributed by atoms with van der Waals surface area (Å²) >= 11 is 0. The van der Waals surface area contributed by atoms with Crippen LogP contribution < -0.4 is 9.62 Å². The molecule has 2 aromatic rings. The van der Waals surface area contributed by atoms with E-state index in [9.17, 15) is 8.42 Å². The van der Waals surface area contributed by atoms with Crippen molar-refractivity contribution in [3.05, 3.63) is 60.2 Å². The molecule has 0 spiro atoms. The maximum atomic E-state index is 12.9. The lowest BCUT2D eigenvalue weighted by molar-refractivity contribution is 0.110. The van der Waals surface area contributed by atoms with Crippen LogP contribution >= 0.6 is 0 Å². The Balaban J connectivity index is 1.46. The van der Waals surface area contributed by atoms with E-state index in [0.717, 1.165) is 38.9 Å². The van der Waals surface area contributed by atoms with Crippen molar-refractivity contribution in [3.8, 4) is 0 Å². The van der Waals surface area contributed by atoms with Crippen molar-refractivity contribution < 1.29 is 8.42 Å². The van der Waals surface area contributed by atoms with Crippen LogP contribution in [0.15, 0.2) is 59.5 Å². The van der Waals surface area contributed by atoms with Gasteiger partial charge in [0.05, 0.1) is 4.90 Å². The number of hydrogen-bond acceptors (Lipinski definition) is 4. The van der Waals surface area contributed by atoms with Gasteiger partial charge in [0.1, 0.15) is 0 Å². The number of sulfonamides is 1. The van der Waals surface area contributed by atoms with Gasteiger partial charge in [-0.1, -0.05) is 43.2 Å². The van der Waals surface area contributed by atoms with Crippen LogP contribution in [0.1, 0.15) is 38.2 Å². The summed E-state index contributed by atoms with van der Waals surface area (Å²) in [4.78, 5) is 5.36. The van der Waals surface area contributed by atoms with E-state index in [1.807, 2.05) is 6.07 Å². The number of nitrogens with zero attached hydrogens (tertiary/aromatic N) is 2. The summed E-state index contributed by atoms with van der Waals surface area (Å²) < 4.78 is 28.9. The Bertz CT molecular complexity index is 948. The highest BCUT2D eigenvalue weighted by molar-refractivity contribution is 7.89. The van der Waals surface area contributed by atoms with E-state index >= 15 is 0 Å². The zero-order valence-electron chi connectivity index (χ0n) is 18.0. The zero-order chi connectivity index (χ0) is 21.1. The third-order valence-corrected chi connectivity index (χ3v) is 8.06. The fourth-order valence-electron chi connectivity index (χ4n) is 5.03. The van der Waals surface area contributed by atoms with Crippen LogP contribution in [0.2, 0.25) is 0 Å². The molecule has 1 saturated heterocycles. The first-order valence-corrected chi connectivity index (χ1v) is 12.6. The van der Waals surface area contributed by atoms with Gasteiger partial charge in [-0.25, -0.2) is 13.1 Å². The van der Waals surface area contributed by atoms with Crippen molar-refractivity contribution in [2.45, 2.75) is 62.6 Å². The number of nitrogens with one attached hydrogen (secondary N) is 1. The highest BCUT2D eigenvalue weighted by Gasteiger charge is 2.36. The second-order valence-electron chi connectivity index (χ2n) is 8.77. The first kappa shape index (κ1) is 21.3. The maximum absolute atomic E-state index is 12.9. The lowest BCUT2D eigenvalue weighted by Gasteiger charge is -2.47. The molecule has 2 aliphatic rings. The van der Waals surface area contributed by atoms with Crippen molar-refractivity contribution in [1.29, 1.82) is 0 Å². The number of piperazine rings is 1. The summed E-state index contributed by atoms with van der Waals surface area (Å²) in [6, 6.07) is 18.1. The van der Waals surface area contributed by atoms with Crippen molar-refractivity contribution in [1.82, 2.24) is 9.62 Å².